The van der Waals surface area contributed by atoms with Crippen molar-refractivity contribution in [3.05, 3.63) is 42.5 Å². The van der Waals surface area contributed by atoms with Gasteiger partial charge in [-0.25, -0.2) is 8.42 Å². The van der Waals surface area contributed by atoms with E-state index < -0.39 is 10.0 Å². The minimum atomic E-state index is -3.68. The Bertz CT molecular complexity index is 1050. The van der Waals surface area contributed by atoms with Crippen LogP contribution in [0.1, 0.15) is 48.9 Å². The summed E-state index contributed by atoms with van der Waals surface area (Å²) in [6, 6.07) is 6.03. The Morgan fingerprint density at radius 3 is 2.03 bits per heavy atom. The maximum Gasteiger partial charge on any atom is 0.253 e. The van der Waals surface area contributed by atoms with Crippen molar-refractivity contribution in [3.63, 3.8) is 0 Å². The van der Waals surface area contributed by atoms with Crippen LogP contribution in [0, 0.1) is 5.92 Å². The van der Waals surface area contributed by atoms with Crippen LogP contribution in [0.4, 0.5) is 0 Å². The Hall–Kier alpha value is -2.72. The minimum absolute atomic E-state index is 0.0149. The summed E-state index contributed by atoms with van der Waals surface area (Å²) in [6.45, 7) is 6.81. The van der Waals surface area contributed by atoms with Gasteiger partial charge in [-0.1, -0.05) is 6.58 Å². The highest BCUT2D eigenvalue weighted by molar-refractivity contribution is 7.89. The van der Waals surface area contributed by atoms with Crippen LogP contribution in [0.3, 0.4) is 0 Å². The largest absolute Gasteiger partial charge is 0.350 e. The standard InChI is InChI=1S/C25H34N4O5S/c1-2-23(30)26-21-11-17-29(18-12-21)35(33,34)22-7-5-19(6-8-22)24(31)28-15-9-20(10-16-28)25(32)27-13-3-4-14-27/h2,5-8,20-21H,1,3-4,9-18H2,(H,26,30). The van der Waals surface area contributed by atoms with Crippen molar-refractivity contribution in [2.45, 2.75) is 49.5 Å². The number of sulfonamides is 1. The summed E-state index contributed by atoms with van der Waals surface area (Å²) >= 11 is 0. The molecule has 3 saturated heterocycles. The topological polar surface area (TPSA) is 107 Å². The van der Waals surface area contributed by atoms with Crippen molar-refractivity contribution in [1.82, 2.24) is 19.4 Å². The molecule has 0 saturated carbocycles. The van der Waals surface area contributed by atoms with Crippen molar-refractivity contribution >= 4 is 27.7 Å². The summed E-state index contributed by atoms with van der Waals surface area (Å²) in [5.74, 6) is -0.191. The fourth-order valence-electron chi connectivity index (χ4n) is 5.13. The number of rotatable bonds is 6. The van der Waals surface area contributed by atoms with Crippen LogP contribution in [-0.4, -0.2) is 85.6 Å². The van der Waals surface area contributed by atoms with Gasteiger partial charge < -0.3 is 15.1 Å². The van der Waals surface area contributed by atoms with E-state index in [-0.39, 0.29) is 34.6 Å². The first kappa shape index (κ1) is 25.4. The van der Waals surface area contributed by atoms with Gasteiger partial charge in [-0.15, -0.1) is 0 Å². The fraction of sp³-hybridized carbons (Fsp3) is 0.560. The number of benzene rings is 1. The molecule has 0 atom stereocenters. The smallest absolute Gasteiger partial charge is 0.253 e. The number of hydrogen-bond acceptors (Lipinski definition) is 5. The molecule has 3 amide bonds. The Balaban J connectivity index is 1.31. The maximum absolute atomic E-state index is 13.1. The molecule has 35 heavy (non-hydrogen) atoms. The van der Waals surface area contributed by atoms with Crippen LogP contribution in [0.25, 0.3) is 0 Å². The van der Waals surface area contributed by atoms with Crippen molar-refractivity contribution in [3.8, 4) is 0 Å². The second kappa shape index (κ2) is 10.9. The maximum atomic E-state index is 13.1. The summed E-state index contributed by atoms with van der Waals surface area (Å²) in [6.07, 6.45) is 5.75. The number of carbonyl (C=O) groups is 3. The van der Waals surface area contributed by atoms with E-state index in [9.17, 15) is 22.8 Å². The first-order chi connectivity index (χ1) is 16.8. The fourth-order valence-corrected chi connectivity index (χ4v) is 6.60. The molecule has 3 fully saturated rings. The number of nitrogens with one attached hydrogen (secondary N) is 1. The number of likely N-dealkylation sites (tertiary alicyclic amines) is 2. The molecule has 0 bridgehead atoms. The molecule has 0 unspecified atom stereocenters. The highest BCUT2D eigenvalue weighted by atomic mass is 32.2. The van der Waals surface area contributed by atoms with E-state index >= 15 is 0 Å². The van der Waals surface area contributed by atoms with Gasteiger partial charge in [0.25, 0.3) is 5.91 Å². The van der Waals surface area contributed by atoms with Crippen LogP contribution < -0.4 is 5.32 Å². The van der Waals surface area contributed by atoms with Crippen molar-refractivity contribution in [2.24, 2.45) is 5.92 Å². The molecule has 190 valence electrons. The molecule has 0 aromatic heterocycles. The van der Waals surface area contributed by atoms with Gasteiger partial charge in [0.05, 0.1) is 4.90 Å². The molecule has 1 N–H and O–H groups in total. The molecule has 10 heteroatoms. The third kappa shape index (κ3) is 5.75. The highest BCUT2D eigenvalue weighted by Crippen LogP contribution is 2.25. The summed E-state index contributed by atoms with van der Waals surface area (Å²) in [5, 5.41) is 2.81. The first-order valence-electron chi connectivity index (χ1n) is 12.4. The molecule has 1 aromatic carbocycles. The lowest BCUT2D eigenvalue weighted by Gasteiger charge is -2.33. The first-order valence-corrected chi connectivity index (χ1v) is 13.8. The third-order valence-corrected chi connectivity index (χ3v) is 9.19. The molecule has 3 heterocycles. The predicted molar refractivity (Wildman–Crippen MR) is 131 cm³/mol. The van der Waals surface area contributed by atoms with Crippen molar-refractivity contribution in [2.75, 3.05) is 39.3 Å². The lowest BCUT2D eigenvalue weighted by molar-refractivity contribution is -0.135. The molecular formula is C25H34N4O5S. The van der Waals surface area contributed by atoms with E-state index in [1.54, 1.807) is 17.0 Å². The summed E-state index contributed by atoms with van der Waals surface area (Å²) in [4.78, 5) is 40.9. The van der Waals surface area contributed by atoms with Crippen LogP contribution in [0.5, 0.6) is 0 Å². The number of nitrogens with zero attached hydrogens (tertiary/aromatic N) is 3. The quantitative estimate of drug-likeness (QED) is 0.595. The second-order valence-corrected chi connectivity index (χ2v) is 11.5. The average molecular weight is 503 g/mol. The molecule has 0 spiro atoms. The monoisotopic (exact) mass is 502 g/mol. The Kier molecular flexibility index (Phi) is 7.91. The Morgan fingerprint density at radius 2 is 1.46 bits per heavy atom. The Morgan fingerprint density at radius 1 is 0.857 bits per heavy atom. The van der Waals surface area contributed by atoms with Gasteiger partial charge in [0, 0.05) is 56.8 Å². The van der Waals surface area contributed by atoms with Gasteiger partial charge in [0.2, 0.25) is 21.8 Å². The van der Waals surface area contributed by atoms with Gasteiger partial charge in [0.15, 0.2) is 0 Å². The molecule has 3 aliphatic heterocycles. The number of carbonyl (C=O) groups excluding carboxylic acids is 3. The van der Waals surface area contributed by atoms with E-state index in [0.29, 0.717) is 57.4 Å². The number of hydrogen-bond donors (Lipinski definition) is 1. The van der Waals surface area contributed by atoms with Crippen LogP contribution in [-0.2, 0) is 19.6 Å². The van der Waals surface area contributed by atoms with Crippen LogP contribution >= 0.6 is 0 Å². The molecular weight excluding hydrogens is 468 g/mol. The summed E-state index contributed by atoms with van der Waals surface area (Å²) < 4.78 is 27.5. The molecule has 0 aliphatic carbocycles. The summed E-state index contributed by atoms with van der Waals surface area (Å²) in [5.41, 5.74) is 0.444. The van der Waals surface area contributed by atoms with Gasteiger partial charge in [-0.3, -0.25) is 14.4 Å². The molecule has 3 aliphatic rings. The van der Waals surface area contributed by atoms with E-state index in [2.05, 4.69) is 11.9 Å². The van der Waals surface area contributed by atoms with E-state index in [1.165, 1.54) is 22.5 Å². The van der Waals surface area contributed by atoms with Crippen molar-refractivity contribution < 1.29 is 22.8 Å². The normalized spacial score (nSPS) is 20.6. The van der Waals surface area contributed by atoms with E-state index in [0.717, 1.165) is 25.9 Å². The summed E-state index contributed by atoms with van der Waals surface area (Å²) in [7, 11) is -3.68. The highest BCUT2D eigenvalue weighted by Gasteiger charge is 2.32. The Labute approximate surface area is 207 Å². The van der Waals surface area contributed by atoms with Crippen LogP contribution in [0.15, 0.2) is 41.8 Å². The van der Waals surface area contributed by atoms with Crippen molar-refractivity contribution in [1.29, 1.82) is 0 Å². The predicted octanol–water partition coefficient (Wildman–Crippen LogP) is 1.62. The molecule has 9 nitrogen and oxygen atoms in total. The SMILES string of the molecule is C=CC(=O)NC1CCN(S(=O)(=O)c2ccc(C(=O)N3CCC(C(=O)N4CCCC4)CC3)cc2)CC1. The zero-order valence-corrected chi connectivity index (χ0v) is 20.8. The van der Waals surface area contributed by atoms with Crippen LogP contribution in [0.2, 0.25) is 0 Å². The second-order valence-electron chi connectivity index (χ2n) is 9.51. The van der Waals surface area contributed by atoms with Gasteiger partial charge in [-0.2, -0.15) is 4.31 Å². The van der Waals surface area contributed by atoms with Gasteiger partial charge in [0.1, 0.15) is 0 Å². The lowest BCUT2D eigenvalue weighted by atomic mass is 9.95. The molecule has 1 aromatic rings. The van der Waals surface area contributed by atoms with Gasteiger partial charge >= 0.3 is 0 Å². The third-order valence-electron chi connectivity index (χ3n) is 7.27. The molecule has 0 radical (unpaired) electrons. The zero-order chi connectivity index (χ0) is 25.0. The van der Waals surface area contributed by atoms with E-state index in [1.807, 2.05) is 4.90 Å². The minimum Gasteiger partial charge on any atom is -0.350 e. The zero-order valence-electron chi connectivity index (χ0n) is 20.0. The molecule has 4 rings (SSSR count). The lowest BCUT2D eigenvalue weighted by Crippen LogP contribution is -2.46. The van der Waals surface area contributed by atoms with Gasteiger partial charge in [-0.05, 0) is 68.9 Å². The van der Waals surface area contributed by atoms with E-state index in [4.69, 9.17) is 0 Å². The number of piperidine rings is 2. The number of amides is 3. The average Bonchev–Trinajstić information content (AvgIpc) is 3.43.